The number of halogens is 4. The van der Waals surface area contributed by atoms with Gasteiger partial charge in [0.1, 0.15) is 36.0 Å². The number of hydrogen-bond donors (Lipinski definition) is 3. The van der Waals surface area contributed by atoms with Gasteiger partial charge in [-0.1, -0.05) is 23.2 Å². The van der Waals surface area contributed by atoms with E-state index in [9.17, 15) is 18.7 Å². The van der Waals surface area contributed by atoms with Crippen LogP contribution in [0, 0.1) is 11.6 Å². The lowest BCUT2D eigenvalue weighted by Gasteiger charge is -2.15. The number of phenolic OH excluding ortho intramolecular Hbond substituents is 1. The molecular formula is C24H22Cl2F2N2O4S. The highest BCUT2D eigenvalue weighted by Crippen LogP contribution is 2.39. The summed E-state index contributed by atoms with van der Waals surface area (Å²) in [5.41, 5.74) is 0.567. The molecule has 6 nitrogen and oxygen atoms in total. The van der Waals surface area contributed by atoms with Crippen LogP contribution < -0.4 is 14.8 Å². The number of rotatable bonds is 12. The summed E-state index contributed by atoms with van der Waals surface area (Å²) < 4.78 is 42.9. The average Bonchev–Trinajstić information content (AvgIpc) is 2.83. The van der Waals surface area contributed by atoms with E-state index in [1.165, 1.54) is 24.3 Å². The van der Waals surface area contributed by atoms with Crippen molar-refractivity contribution in [3.05, 3.63) is 69.7 Å². The summed E-state index contributed by atoms with van der Waals surface area (Å²) in [5, 5.41) is 13.6. The first-order valence-electron chi connectivity index (χ1n) is 10.4. The fourth-order valence-corrected chi connectivity index (χ4v) is 4.29. The first kappa shape index (κ1) is 27.0. The van der Waals surface area contributed by atoms with Crippen molar-refractivity contribution in [2.24, 2.45) is 0 Å². The number of carbonyl (C=O) groups is 1. The number of carbonyl (C=O) groups excluding carboxylic acids is 1. The highest BCUT2D eigenvalue weighted by molar-refractivity contribution is 8.00. The predicted octanol–water partition coefficient (Wildman–Crippen LogP) is 6.19. The van der Waals surface area contributed by atoms with Crippen molar-refractivity contribution < 1.29 is 28.2 Å². The largest absolute Gasteiger partial charge is 0.505 e. The second kappa shape index (κ2) is 12.9. The van der Waals surface area contributed by atoms with E-state index in [-0.39, 0.29) is 32.5 Å². The van der Waals surface area contributed by atoms with Gasteiger partial charge in [0, 0.05) is 48.0 Å². The molecule has 3 rings (SSSR count). The van der Waals surface area contributed by atoms with Crippen LogP contribution in [0.1, 0.15) is 10.4 Å². The normalized spacial score (nSPS) is 10.9. The molecule has 186 valence electrons. The number of benzene rings is 3. The van der Waals surface area contributed by atoms with Gasteiger partial charge in [-0.15, -0.1) is 0 Å². The topological polar surface area (TPSA) is 79.8 Å². The van der Waals surface area contributed by atoms with Crippen molar-refractivity contribution in [3.8, 4) is 22.6 Å². The van der Waals surface area contributed by atoms with E-state index in [1.807, 2.05) is 0 Å². The van der Waals surface area contributed by atoms with Crippen LogP contribution >= 0.6 is 35.1 Å². The molecule has 0 aromatic heterocycles. The first-order valence-corrected chi connectivity index (χ1v) is 11.9. The highest BCUT2D eigenvalue weighted by Gasteiger charge is 2.17. The van der Waals surface area contributed by atoms with Gasteiger partial charge in [-0.2, -0.15) is 0 Å². The number of nitrogens with one attached hydrogen (secondary N) is 2. The monoisotopic (exact) mass is 542 g/mol. The number of aldehydes is 1. The number of anilines is 1. The quantitative estimate of drug-likeness (QED) is 0.143. The van der Waals surface area contributed by atoms with Gasteiger partial charge in [0.15, 0.2) is 0 Å². The van der Waals surface area contributed by atoms with Crippen LogP contribution in [-0.2, 0) is 4.74 Å². The lowest BCUT2D eigenvalue weighted by atomic mass is 10.0. The Morgan fingerprint density at radius 1 is 1.03 bits per heavy atom. The first-order chi connectivity index (χ1) is 16.8. The molecule has 0 spiro atoms. The molecule has 0 aliphatic rings. The van der Waals surface area contributed by atoms with Crippen LogP contribution in [-0.4, -0.2) is 44.8 Å². The molecule has 3 aromatic carbocycles. The van der Waals surface area contributed by atoms with Crippen LogP contribution in [0.15, 0.2) is 47.4 Å². The molecule has 0 fully saturated rings. The van der Waals surface area contributed by atoms with Crippen LogP contribution in [0.3, 0.4) is 0 Å². The SMILES string of the molecule is COCCNCCOc1ccc(Cl)cc1-c1cc(NSc2cc(C=O)cc(Cl)c2O)c(F)cc1F. The highest BCUT2D eigenvalue weighted by atomic mass is 35.5. The molecule has 0 unspecified atom stereocenters. The third-order valence-electron chi connectivity index (χ3n) is 4.77. The Bertz CT molecular complexity index is 1200. The Kier molecular flexibility index (Phi) is 10.00. The Hall–Kier alpha value is -2.56. The molecule has 0 amide bonds. The summed E-state index contributed by atoms with van der Waals surface area (Å²) in [4.78, 5) is 11.3. The molecule has 0 aliphatic heterocycles. The van der Waals surface area contributed by atoms with E-state index in [0.29, 0.717) is 48.9 Å². The molecule has 35 heavy (non-hydrogen) atoms. The number of phenols is 1. The smallest absolute Gasteiger partial charge is 0.150 e. The van der Waals surface area contributed by atoms with Gasteiger partial charge in [-0.05, 0) is 48.3 Å². The van der Waals surface area contributed by atoms with Crippen LogP contribution in [0.5, 0.6) is 11.5 Å². The minimum Gasteiger partial charge on any atom is -0.505 e. The minimum atomic E-state index is -0.859. The molecule has 0 saturated heterocycles. The van der Waals surface area contributed by atoms with E-state index < -0.39 is 11.6 Å². The zero-order valence-electron chi connectivity index (χ0n) is 18.5. The molecule has 0 radical (unpaired) electrons. The second-order valence-corrected chi connectivity index (χ2v) is 8.91. The van der Waals surface area contributed by atoms with Crippen molar-refractivity contribution in [1.29, 1.82) is 0 Å². The summed E-state index contributed by atoms with van der Waals surface area (Å²) in [6, 6.07) is 9.46. The Balaban J connectivity index is 1.85. The van der Waals surface area contributed by atoms with Crippen LogP contribution in [0.4, 0.5) is 14.5 Å². The maximum atomic E-state index is 14.8. The van der Waals surface area contributed by atoms with E-state index >= 15 is 0 Å². The van der Waals surface area contributed by atoms with Crippen molar-refractivity contribution in [2.45, 2.75) is 4.90 Å². The fraction of sp³-hybridized carbons (Fsp3) is 0.208. The predicted molar refractivity (Wildman–Crippen MR) is 135 cm³/mol. The second-order valence-electron chi connectivity index (χ2n) is 7.22. The number of methoxy groups -OCH3 is 1. The fourth-order valence-electron chi connectivity index (χ4n) is 3.05. The molecule has 11 heteroatoms. The zero-order valence-corrected chi connectivity index (χ0v) is 20.9. The Morgan fingerprint density at radius 2 is 1.80 bits per heavy atom. The van der Waals surface area contributed by atoms with Gasteiger partial charge in [0.25, 0.3) is 0 Å². The van der Waals surface area contributed by atoms with Crippen molar-refractivity contribution in [1.82, 2.24) is 5.32 Å². The van der Waals surface area contributed by atoms with Crippen molar-refractivity contribution in [3.63, 3.8) is 0 Å². The lowest BCUT2D eigenvalue weighted by Crippen LogP contribution is -2.24. The molecule has 3 aromatic rings. The molecular weight excluding hydrogens is 521 g/mol. The van der Waals surface area contributed by atoms with Gasteiger partial charge >= 0.3 is 0 Å². The van der Waals surface area contributed by atoms with Gasteiger partial charge in [-0.3, -0.25) is 4.79 Å². The van der Waals surface area contributed by atoms with Gasteiger partial charge in [-0.25, -0.2) is 8.78 Å². The maximum absolute atomic E-state index is 14.8. The minimum absolute atomic E-state index is 0.0309. The Morgan fingerprint density at radius 3 is 2.54 bits per heavy atom. The van der Waals surface area contributed by atoms with E-state index in [0.717, 1.165) is 18.0 Å². The number of ether oxygens (including phenoxy) is 2. The number of hydrogen-bond acceptors (Lipinski definition) is 7. The molecule has 0 saturated carbocycles. The standard InChI is InChI=1S/C24H22Cl2F2N2O4S/c1-33-6-4-29-5-7-34-22-3-2-15(25)10-17(22)16-11-21(20(28)12-19(16)27)30-35-23-9-14(13-31)8-18(26)24(23)32/h2-3,8-13,29-30,32H,4-7H2,1H3. The summed E-state index contributed by atoms with van der Waals surface area (Å²) in [7, 11) is 1.61. The zero-order chi connectivity index (χ0) is 25.4. The summed E-state index contributed by atoms with van der Waals surface area (Å²) in [5.74, 6) is -1.57. The molecule has 0 bridgehead atoms. The molecule has 0 heterocycles. The van der Waals surface area contributed by atoms with Crippen molar-refractivity contribution in [2.75, 3.05) is 38.1 Å². The van der Waals surface area contributed by atoms with E-state index in [4.69, 9.17) is 32.7 Å². The summed E-state index contributed by atoms with van der Waals surface area (Å²) in [6.45, 7) is 2.05. The number of aromatic hydroxyl groups is 1. The average molecular weight is 543 g/mol. The Labute approximate surface area is 215 Å². The van der Waals surface area contributed by atoms with Crippen LogP contribution in [0.25, 0.3) is 11.1 Å². The molecule has 0 aliphatic carbocycles. The molecule has 3 N–H and O–H groups in total. The van der Waals surface area contributed by atoms with Gasteiger partial charge in [0.05, 0.1) is 22.2 Å². The van der Waals surface area contributed by atoms with E-state index in [1.54, 1.807) is 19.2 Å². The van der Waals surface area contributed by atoms with Gasteiger partial charge in [0.2, 0.25) is 0 Å². The third kappa shape index (κ3) is 7.22. The molecule has 0 atom stereocenters. The van der Waals surface area contributed by atoms with Crippen molar-refractivity contribution >= 4 is 47.1 Å². The van der Waals surface area contributed by atoms with E-state index in [2.05, 4.69) is 10.0 Å². The van der Waals surface area contributed by atoms with Gasteiger partial charge < -0.3 is 24.6 Å². The lowest BCUT2D eigenvalue weighted by molar-refractivity contribution is 0.112. The maximum Gasteiger partial charge on any atom is 0.150 e. The summed E-state index contributed by atoms with van der Waals surface area (Å²) in [6.07, 6.45) is 0.569. The third-order valence-corrected chi connectivity index (χ3v) is 6.14. The van der Waals surface area contributed by atoms with Crippen LogP contribution in [0.2, 0.25) is 10.0 Å². The summed E-state index contributed by atoms with van der Waals surface area (Å²) >= 11 is 12.9.